The summed E-state index contributed by atoms with van der Waals surface area (Å²) in [6.07, 6.45) is 0. The van der Waals surface area contributed by atoms with E-state index in [1.165, 1.54) is 0 Å². The average molecular weight is 235 g/mol. The summed E-state index contributed by atoms with van der Waals surface area (Å²) in [7, 11) is 0. The highest BCUT2D eigenvalue weighted by atomic mass is 35.5. The van der Waals surface area contributed by atoms with E-state index in [9.17, 15) is 4.79 Å². The van der Waals surface area contributed by atoms with Crippen LogP contribution >= 0.6 is 11.6 Å². The van der Waals surface area contributed by atoms with Crippen LogP contribution in [0.4, 0.5) is 0 Å². The topological polar surface area (TPSA) is 26.3 Å². The number of carbonyl (C=O) groups is 1. The van der Waals surface area contributed by atoms with Crippen LogP contribution in [-0.4, -0.2) is 11.5 Å². The van der Waals surface area contributed by atoms with Gasteiger partial charge in [-0.15, -0.1) is 0 Å². The van der Waals surface area contributed by atoms with Gasteiger partial charge in [-0.25, -0.2) is 4.79 Å². The van der Waals surface area contributed by atoms with Crippen molar-refractivity contribution in [1.29, 1.82) is 0 Å². The Morgan fingerprint density at radius 2 is 1.88 bits per heavy atom. The van der Waals surface area contributed by atoms with Crippen LogP contribution in [0.3, 0.4) is 0 Å². The maximum absolute atomic E-state index is 11.6. The van der Waals surface area contributed by atoms with Gasteiger partial charge < -0.3 is 4.74 Å². The normalized spacial score (nSPS) is 12.4. The fourth-order valence-corrected chi connectivity index (χ4v) is 1.61. The second kappa shape index (κ2) is 4.54. The van der Waals surface area contributed by atoms with Crippen LogP contribution in [0.2, 0.25) is 0 Å². The largest absolute Gasteiger partial charge is 0.443 e. The third kappa shape index (κ3) is 2.34. The van der Waals surface area contributed by atoms with Gasteiger partial charge in [0.05, 0.1) is 5.56 Å². The van der Waals surface area contributed by atoms with Gasteiger partial charge in [-0.1, -0.05) is 41.9 Å². The van der Waals surface area contributed by atoms with Crippen LogP contribution in [0.5, 0.6) is 0 Å². The molecule has 0 radical (unpaired) electrons. The number of carbonyl (C=O) groups excluding carboxylic acids is 1. The number of fused-ring (bicyclic) bond motifs is 1. The third-order valence-corrected chi connectivity index (χ3v) is 2.34. The summed E-state index contributed by atoms with van der Waals surface area (Å²) in [6.45, 7) is 1.61. The molecule has 0 aliphatic heterocycles. The first-order valence-corrected chi connectivity index (χ1v) is 5.44. The molecule has 82 valence electrons. The molecule has 2 nitrogen and oxygen atoms in total. The zero-order chi connectivity index (χ0) is 11.5. The van der Waals surface area contributed by atoms with E-state index in [0.29, 0.717) is 5.56 Å². The minimum absolute atomic E-state index is 0.395. The summed E-state index contributed by atoms with van der Waals surface area (Å²) >= 11 is 5.60. The second-order valence-electron chi connectivity index (χ2n) is 3.51. The molecule has 16 heavy (non-hydrogen) atoms. The van der Waals surface area contributed by atoms with Gasteiger partial charge in [0.15, 0.2) is 5.56 Å². The van der Waals surface area contributed by atoms with Gasteiger partial charge >= 0.3 is 5.97 Å². The predicted molar refractivity (Wildman–Crippen MR) is 64.7 cm³/mol. The smallest absolute Gasteiger partial charge is 0.339 e. The van der Waals surface area contributed by atoms with Crippen LogP contribution in [0.15, 0.2) is 42.5 Å². The summed E-state index contributed by atoms with van der Waals surface area (Å²) in [6, 6.07) is 13.3. The van der Waals surface area contributed by atoms with Gasteiger partial charge in [0.2, 0.25) is 0 Å². The molecule has 2 rings (SSSR count). The zero-order valence-electron chi connectivity index (χ0n) is 8.81. The molecular formula is C13H11ClO2. The van der Waals surface area contributed by atoms with Crippen molar-refractivity contribution in [1.82, 2.24) is 0 Å². The molecule has 0 spiro atoms. The van der Waals surface area contributed by atoms with Crippen molar-refractivity contribution in [3.63, 3.8) is 0 Å². The molecule has 0 aromatic heterocycles. The predicted octanol–water partition coefficient (Wildman–Crippen LogP) is 3.58. The van der Waals surface area contributed by atoms with Gasteiger partial charge in [-0.05, 0) is 29.8 Å². The van der Waals surface area contributed by atoms with E-state index >= 15 is 0 Å². The number of ether oxygens (including phenoxy) is 1. The molecule has 0 bridgehead atoms. The minimum atomic E-state index is -0.612. The van der Waals surface area contributed by atoms with Crippen LogP contribution in [-0.2, 0) is 4.74 Å². The Bertz CT molecular complexity index is 520. The fraction of sp³-hybridized carbons (Fsp3) is 0.154. The Balaban J connectivity index is 2.35. The van der Waals surface area contributed by atoms with E-state index in [1.807, 2.05) is 30.3 Å². The molecule has 2 aromatic carbocycles. The highest BCUT2D eigenvalue weighted by Gasteiger charge is 2.09. The Hall–Kier alpha value is -1.54. The molecule has 0 aliphatic rings. The summed E-state index contributed by atoms with van der Waals surface area (Å²) in [5.41, 5.74) is -0.0924. The summed E-state index contributed by atoms with van der Waals surface area (Å²) in [4.78, 5) is 11.6. The molecule has 0 aliphatic carbocycles. The molecular weight excluding hydrogens is 224 g/mol. The lowest BCUT2D eigenvalue weighted by Crippen LogP contribution is -2.09. The highest BCUT2D eigenvalue weighted by Crippen LogP contribution is 2.16. The number of halogens is 1. The van der Waals surface area contributed by atoms with Crippen molar-refractivity contribution in [2.45, 2.75) is 12.5 Å². The van der Waals surface area contributed by atoms with Crippen molar-refractivity contribution in [3.05, 3.63) is 48.0 Å². The van der Waals surface area contributed by atoms with E-state index in [-0.39, 0.29) is 0 Å². The molecule has 2 aromatic rings. The van der Waals surface area contributed by atoms with Crippen molar-refractivity contribution >= 4 is 28.3 Å². The van der Waals surface area contributed by atoms with Crippen molar-refractivity contribution in [3.8, 4) is 0 Å². The lowest BCUT2D eigenvalue weighted by Gasteiger charge is -2.06. The van der Waals surface area contributed by atoms with Crippen LogP contribution in [0.1, 0.15) is 17.3 Å². The molecule has 0 saturated heterocycles. The molecule has 1 unspecified atom stereocenters. The Labute approximate surface area is 98.8 Å². The number of hydrogen-bond donors (Lipinski definition) is 0. The molecule has 0 heterocycles. The number of rotatable bonds is 2. The Morgan fingerprint density at radius 3 is 2.56 bits per heavy atom. The first kappa shape index (κ1) is 11.0. The van der Waals surface area contributed by atoms with Gasteiger partial charge in [0.25, 0.3) is 0 Å². The summed E-state index contributed by atoms with van der Waals surface area (Å²) < 4.78 is 4.91. The van der Waals surface area contributed by atoms with Gasteiger partial charge in [-0.2, -0.15) is 0 Å². The Morgan fingerprint density at radius 1 is 1.19 bits per heavy atom. The quantitative estimate of drug-likeness (QED) is 0.587. The third-order valence-electron chi connectivity index (χ3n) is 2.25. The van der Waals surface area contributed by atoms with Crippen LogP contribution < -0.4 is 0 Å². The minimum Gasteiger partial charge on any atom is -0.443 e. The number of alkyl halides is 1. The van der Waals surface area contributed by atoms with Gasteiger partial charge in [-0.3, -0.25) is 0 Å². The van der Waals surface area contributed by atoms with E-state index in [2.05, 4.69) is 0 Å². The SMILES string of the molecule is CC(Cl)OC(=O)c1ccc2ccccc2c1. The monoisotopic (exact) mass is 234 g/mol. The summed E-state index contributed by atoms with van der Waals surface area (Å²) in [5.74, 6) is -0.395. The molecule has 3 heteroatoms. The standard InChI is InChI=1S/C13H11ClO2/c1-9(14)16-13(15)12-7-6-10-4-2-3-5-11(10)8-12/h2-9H,1H3. The van der Waals surface area contributed by atoms with E-state index in [1.54, 1.807) is 19.1 Å². The Kier molecular flexibility index (Phi) is 3.11. The first-order valence-electron chi connectivity index (χ1n) is 5.00. The van der Waals surface area contributed by atoms with E-state index in [0.717, 1.165) is 10.8 Å². The molecule has 0 amide bonds. The molecule has 0 N–H and O–H groups in total. The van der Waals surface area contributed by atoms with E-state index < -0.39 is 11.5 Å². The fourth-order valence-electron chi connectivity index (χ4n) is 1.53. The summed E-state index contributed by atoms with van der Waals surface area (Å²) in [5, 5.41) is 2.11. The first-order chi connectivity index (χ1) is 7.66. The zero-order valence-corrected chi connectivity index (χ0v) is 9.57. The molecule has 0 saturated carbocycles. The number of esters is 1. The maximum atomic E-state index is 11.6. The van der Waals surface area contributed by atoms with Crippen molar-refractivity contribution in [2.24, 2.45) is 0 Å². The van der Waals surface area contributed by atoms with Gasteiger partial charge in [0.1, 0.15) is 0 Å². The lowest BCUT2D eigenvalue weighted by molar-refractivity contribution is 0.0472. The van der Waals surface area contributed by atoms with Crippen LogP contribution in [0, 0.1) is 0 Å². The van der Waals surface area contributed by atoms with E-state index in [4.69, 9.17) is 16.3 Å². The average Bonchev–Trinajstić information content (AvgIpc) is 2.27. The van der Waals surface area contributed by atoms with Gasteiger partial charge in [0, 0.05) is 0 Å². The number of hydrogen-bond acceptors (Lipinski definition) is 2. The lowest BCUT2D eigenvalue weighted by atomic mass is 10.1. The second-order valence-corrected chi connectivity index (χ2v) is 4.12. The molecule has 0 fully saturated rings. The van der Waals surface area contributed by atoms with Crippen LogP contribution in [0.25, 0.3) is 10.8 Å². The molecule has 1 atom stereocenters. The highest BCUT2D eigenvalue weighted by molar-refractivity contribution is 6.20. The van der Waals surface area contributed by atoms with Crippen molar-refractivity contribution < 1.29 is 9.53 Å². The maximum Gasteiger partial charge on any atom is 0.339 e. The number of benzene rings is 2. The van der Waals surface area contributed by atoms with Crippen molar-refractivity contribution in [2.75, 3.05) is 0 Å².